The van der Waals surface area contributed by atoms with Crippen molar-refractivity contribution in [1.82, 2.24) is 10.6 Å². The van der Waals surface area contributed by atoms with E-state index in [2.05, 4.69) is 10.6 Å². The third kappa shape index (κ3) is 4.07. The number of halogens is 2. The molecule has 0 radical (unpaired) electrons. The predicted molar refractivity (Wildman–Crippen MR) is 74.1 cm³/mol. The Morgan fingerprint density at radius 3 is 2.50 bits per heavy atom. The lowest BCUT2D eigenvalue weighted by Gasteiger charge is -2.06. The summed E-state index contributed by atoms with van der Waals surface area (Å²) in [4.78, 5) is 33.0. The Morgan fingerprint density at radius 2 is 1.95 bits per heavy atom. The smallest absolute Gasteiger partial charge is 0.290 e. The van der Waals surface area contributed by atoms with Crippen LogP contribution in [0, 0.1) is 10.1 Å². The van der Waals surface area contributed by atoms with Gasteiger partial charge in [-0.05, 0) is 13.0 Å². The summed E-state index contributed by atoms with van der Waals surface area (Å²) in [6.45, 7) is 1.94. The van der Waals surface area contributed by atoms with Crippen LogP contribution in [0.1, 0.15) is 17.3 Å². The second-order valence-electron chi connectivity index (χ2n) is 3.68. The minimum atomic E-state index is -0.741. The predicted octanol–water partition coefficient (Wildman–Crippen LogP) is 1.77. The first-order valence-corrected chi connectivity index (χ1v) is 6.30. The number of hydrogen-bond donors (Lipinski definition) is 2. The first-order valence-electron chi connectivity index (χ1n) is 5.55. The lowest BCUT2D eigenvalue weighted by molar-refractivity contribution is -0.384. The molecule has 0 heterocycles. The van der Waals surface area contributed by atoms with Crippen molar-refractivity contribution in [3.05, 3.63) is 37.9 Å². The van der Waals surface area contributed by atoms with Crippen molar-refractivity contribution in [2.75, 3.05) is 13.1 Å². The van der Waals surface area contributed by atoms with E-state index in [9.17, 15) is 19.7 Å². The van der Waals surface area contributed by atoms with E-state index in [0.29, 0.717) is 6.54 Å². The molecule has 0 aliphatic rings. The van der Waals surface area contributed by atoms with E-state index in [1.807, 2.05) is 0 Å². The van der Waals surface area contributed by atoms with Crippen LogP contribution >= 0.6 is 23.2 Å². The average molecular weight is 320 g/mol. The minimum Gasteiger partial charge on any atom is -0.355 e. The highest BCUT2D eigenvalue weighted by atomic mass is 35.5. The molecule has 1 aromatic rings. The van der Waals surface area contributed by atoms with E-state index < -0.39 is 16.5 Å². The number of likely N-dealkylation sites (N-methyl/N-ethyl adjacent to an activating group) is 1. The van der Waals surface area contributed by atoms with Crippen LogP contribution in [0.3, 0.4) is 0 Å². The summed E-state index contributed by atoms with van der Waals surface area (Å²) in [7, 11) is 0. The van der Waals surface area contributed by atoms with Gasteiger partial charge in [-0.15, -0.1) is 0 Å². The molecule has 0 bridgehead atoms. The van der Waals surface area contributed by atoms with E-state index in [0.717, 1.165) is 6.07 Å². The molecule has 0 aromatic heterocycles. The summed E-state index contributed by atoms with van der Waals surface area (Å²) < 4.78 is 0. The molecule has 0 fully saturated rings. The lowest BCUT2D eigenvalue weighted by atomic mass is 10.2. The molecule has 0 aliphatic carbocycles. The molecule has 0 aliphatic heterocycles. The fourth-order valence-electron chi connectivity index (χ4n) is 1.36. The molecule has 2 amide bonds. The first kappa shape index (κ1) is 16.2. The summed E-state index contributed by atoms with van der Waals surface area (Å²) >= 11 is 11.4. The molecular weight excluding hydrogens is 309 g/mol. The van der Waals surface area contributed by atoms with E-state index in [-0.39, 0.29) is 28.1 Å². The summed E-state index contributed by atoms with van der Waals surface area (Å²) in [5.74, 6) is -1.02. The molecule has 0 atom stereocenters. The highest BCUT2D eigenvalue weighted by molar-refractivity contribution is 6.43. The molecule has 2 N–H and O–H groups in total. The van der Waals surface area contributed by atoms with E-state index in [1.54, 1.807) is 6.92 Å². The number of nitrogens with one attached hydrogen (secondary N) is 2. The Bertz CT molecular complexity index is 563. The fourth-order valence-corrected chi connectivity index (χ4v) is 1.75. The van der Waals surface area contributed by atoms with Crippen molar-refractivity contribution in [1.29, 1.82) is 0 Å². The van der Waals surface area contributed by atoms with E-state index in [1.165, 1.54) is 6.07 Å². The normalized spacial score (nSPS) is 9.95. The van der Waals surface area contributed by atoms with Gasteiger partial charge in [-0.1, -0.05) is 23.2 Å². The third-order valence-corrected chi connectivity index (χ3v) is 3.04. The Labute approximate surface area is 124 Å². The highest BCUT2D eigenvalue weighted by Gasteiger charge is 2.20. The Hall–Kier alpha value is -1.86. The number of benzene rings is 1. The maximum absolute atomic E-state index is 11.8. The molecular formula is C11H11Cl2N3O4. The Morgan fingerprint density at radius 1 is 1.30 bits per heavy atom. The topological polar surface area (TPSA) is 101 Å². The maximum atomic E-state index is 11.8. The Kier molecular flexibility index (Phi) is 5.72. The van der Waals surface area contributed by atoms with Crippen LogP contribution in [0.25, 0.3) is 0 Å². The molecule has 0 saturated carbocycles. The standard InChI is InChI=1S/C11H11Cl2N3O4/c1-2-14-9(17)5-15-11(18)6-3-7(12)10(13)8(4-6)16(19)20/h3-4H,2,5H2,1H3,(H,14,17)(H,15,18). The third-order valence-electron chi connectivity index (χ3n) is 2.25. The summed E-state index contributed by atoms with van der Waals surface area (Å²) in [5, 5.41) is 15.2. The zero-order valence-electron chi connectivity index (χ0n) is 10.4. The lowest BCUT2D eigenvalue weighted by Crippen LogP contribution is -2.36. The van der Waals surface area contributed by atoms with Crippen molar-refractivity contribution in [2.24, 2.45) is 0 Å². The number of hydrogen-bond acceptors (Lipinski definition) is 4. The number of rotatable bonds is 5. The van der Waals surface area contributed by atoms with Crippen molar-refractivity contribution in [3.8, 4) is 0 Å². The second-order valence-corrected chi connectivity index (χ2v) is 4.47. The largest absolute Gasteiger partial charge is 0.355 e. The van der Waals surface area contributed by atoms with Crippen molar-refractivity contribution >= 4 is 40.7 Å². The fraction of sp³-hybridized carbons (Fsp3) is 0.273. The molecule has 9 heteroatoms. The molecule has 1 rings (SSSR count). The van der Waals surface area contributed by atoms with Crippen LogP contribution in [-0.2, 0) is 4.79 Å². The van der Waals surface area contributed by atoms with Gasteiger partial charge in [-0.2, -0.15) is 0 Å². The minimum absolute atomic E-state index is 0.0459. The van der Waals surface area contributed by atoms with Crippen molar-refractivity contribution in [3.63, 3.8) is 0 Å². The number of nitrogens with zero attached hydrogens (tertiary/aromatic N) is 1. The van der Waals surface area contributed by atoms with Gasteiger partial charge >= 0.3 is 0 Å². The maximum Gasteiger partial charge on any atom is 0.290 e. The molecule has 1 aromatic carbocycles. The highest BCUT2D eigenvalue weighted by Crippen LogP contribution is 2.32. The van der Waals surface area contributed by atoms with Gasteiger partial charge in [-0.3, -0.25) is 19.7 Å². The molecule has 7 nitrogen and oxygen atoms in total. The SMILES string of the molecule is CCNC(=O)CNC(=O)c1cc(Cl)c(Cl)c([N+](=O)[O-])c1. The molecule has 20 heavy (non-hydrogen) atoms. The second kappa shape index (κ2) is 7.06. The van der Waals surface area contributed by atoms with Crippen LogP contribution in [-0.4, -0.2) is 29.8 Å². The van der Waals surface area contributed by atoms with Crippen LogP contribution in [0.15, 0.2) is 12.1 Å². The van der Waals surface area contributed by atoms with Crippen LogP contribution < -0.4 is 10.6 Å². The quantitative estimate of drug-likeness (QED) is 0.637. The van der Waals surface area contributed by atoms with Gasteiger partial charge in [0.15, 0.2) is 0 Å². The summed E-state index contributed by atoms with van der Waals surface area (Å²) in [6, 6.07) is 2.20. The first-order chi connectivity index (χ1) is 9.36. The van der Waals surface area contributed by atoms with Crippen LogP contribution in [0.2, 0.25) is 10.0 Å². The van der Waals surface area contributed by atoms with Crippen molar-refractivity contribution in [2.45, 2.75) is 6.92 Å². The number of nitro benzene ring substituents is 1. The number of amides is 2. The van der Waals surface area contributed by atoms with Gasteiger partial charge in [0, 0.05) is 18.2 Å². The van der Waals surface area contributed by atoms with Gasteiger partial charge in [0.1, 0.15) is 5.02 Å². The zero-order chi connectivity index (χ0) is 15.3. The van der Waals surface area contributed by atoms with E-state index >= 15 is 0 Å². The number of carbonyl (C=O) groups is 2. The Balaban J connectivity index is 2.89. The van der Waals surface area contributed by atoms with E-state index in [4.69, 9.17) is 23.2 Å². The van der Waals surface area contributed by atoms with Gasteiger partial charge < -0.3 is 10.6 Å². The number of carbonyl (C=O) groups excluding carboxylic acids is 2. The van der Waals surface area contributed by atoms with Crippen molar-refractivity contribution < 1.29 is 14.5 Å². The van der Waals surface area contributed by atoms with Crippen LogP contribution in [0.5, 0.6) is 0 Å². The summed E-state index contributed by atoms with van der Waals surface area (Å²) in [6.07, 6.45) is 0. The number of nitro groups is 1. The molecule has 0 saturated heterocycles. The monoisotopic (exact) mass is 319 g/mol. The average Bonchev–Trinajstić information content (AvgIpc) is 2.38. The summed E-state index contributed by atoms with van der Waals surface area (Å²) in [5.41, 5.74) is -0.516. The zero-order valence-corrected chi connectivity index (χ0v) is 11.9. The van der Waals surface area contributed by atoms with Gasteiger partial charge in [0.2, 0.25) is 5.91 Å². The van der Waals surface area contributed by atoms with Crippen LogP contribution in [0.4, 0.5) is 5.69 Å². The van der Waals surface area contributed by atoms with Gasteiger partial charge in [0.25, 0.3) is 11.6 Å². The molecule has 108 valence electrons. The van der Waals surface area contributed by atoms with Gasteiger partial charge in [-0.25, -0.2) is 0 Å². The molecule has 0 spiro atoms. The molecule has 0 unspecified atom stereocenters. The van der Waals surface area contributed by atoms with Gasteiger partial charge in [0.05, 0.1) is 16.5 Å².